The summed E-state index contributed by atoms with van der Waals surface area (Å²) in [5, 5.41) is 16.4. The number of esters is 1. The smallest absolute Gasteiger partial charge is 0.340 e. The fourth-order valence-corrected chi connectivity index (χ4v) is 2.49. The number of nitrogens with one attached hydrogen (secondary N) is 2. The number of benzene rings is 2. The van der Waals surface area contributed by atoms with Crippen LogP contribution in [0.3, 0.4) is 0 Å². The predicted octanol–water partition coefficient (Wildman–Crippen LogP) is 2.69. The zero-order valence-electron chi connectivity index (χ0n) is 15.7. The van der Waals surface area contributed by atoms with Crippen LogP contribution in [-0.2, 0) is 4.74 Å². The zero-order chi connectivity index (χ0) is 20.8. The van der Waals surface area contributed by atoms with Gasteiger partial charge in [-0.3, -0.25) is 14.9 Å². The molecule has 2 aromatic carbocycles. The van der Waals surface area contributed by atoms with Crippen LogP contribution in [0.15, 0.2) is 30.3 Å². The van der Waals surface area contributed by atoms with Crippen LogP contribution < -0.4 is 20.1 Å². The molecular formula is C18H19N3O7. The van der Waals surface area contributed by atoms with Gasteiger partial charge in [0.25, 0.3) is 11.6 Å². The first-order valence-electron chi connectivity index (χ1n) is 7.98. The molecule has 0 radical (unpaired) electrons. The Morgan fingerprint density at radius 3 is 2.18 bits per heavy atom. The molecule has 2 rings (SSSR count). The summed E-state index contributed by atoms with van der Waals surface area (Å²) in [5.41, 5.74) is 0.194. The lowest BCUT2D eigenvalue weighted by atomic mass is 10.1. The Bertz CT molecular complexity index is 928. The van der Waals surface area contributed by atoms with E-state index in [0.29, 0.717) is 0 Å². The molecule has 0 aromatic heterocycles. The summed E-state index contributed by atoms with van der Waals surface area (Å²) < 4.78 is 15.1. The van der Waals surface area contributed by atoms with Crippen molar-refractivity contribution in [1.29, 1.82) is 0 Å². The van der Waals surface area contributed by atoms with E-state index in [0.717, 1.165) is 6.07 Å². The first kappa shape index (κ1) is 20.5. The summed E-state index contributed by atoms with van der Waals surface area (Å²) in [7, 11) is 5.54. The van der Waals surface area contributed by atoms with E-state index >= 15 is 0 Å². The molecule has 0 unspecified atom stereocenters. The van der Waals surface area contributed by atoms with Crippen LogP contribution >= 0.6 is 0 Å². The normalized spacial score (nSPS) is 10.0. The van der Waals surface area contributed by atoms with Gasteiger partial charge in [-0.25, -0.2) is 4.79 Å². The van der Waals surface area contributed by atoms with Gasteiger partial charge in [-0.15, -0.1) is 0 Å². The van der Waals surface area contributed by atoms with Crippen molar-refractivity contribution in [2.75, 3.05) is 39.0 Å². The molecule has 0 aliphatic carbocycles. The molecule has 0 spiro atoms. The number of nitro groups is 1. The maximum absolute atomic E-state index is 12.6. The summed E-state index contributed by atoms with van der Waals surface area (Å²) in [6, 6.07) is 6.75. The molecule has 0 saturated carbocycles. The molecule has 0 heterocycles. The molecule has 2 N–H and O–H groups in total. The van der Waals surface area contributed by atoms with Crippen LogP contribution in [0, 0.1) is 10.1 Å². The van der Waals surface area contributed by atoms with Gasteiger partial charge in [-0.05, 0) is 12.1 Å². The van der Waals surface area contributed by atoms with Gasteiger partial charge in [0.1, 0.15) is 5.69 Å². The number of nitro benzene ring substituents is 1. The van der Waals surface area contributed by atoms with Crippen LogP contribution in [0.5, 0.6) is 11.5 Å². The molecule has 0 atom stereocenters. The number of rotatable bonds is 7. The molecule has 148 valence electrons. The summed E-state index contributed by atoms with van der Waals surface area (Å²) in [4.78, 5) is 35.3. The minimum atomic E-state index is -0.701. The summed E-state index contributed by atoms with van der Waals surface area (Å²) in [6.45, 7) is 0. The van der Waals surface area contributed by atoms with E-state index in [1.54, 1.807) is 0 Å². The highest BCUT2D eigenvalue weighted by Crippen LogP contribution is 2.34. The van der Waals surface area contributed by atoms with Gasteiger partial charge in [0.2, 0.25) is 0 Å². The molecule has 0 bridgehead atoms. The minimum Gasteiger partial charge on any atom is -0.493 e. The Balaban J connectivity index is 2.46. The highest BCUT2D eigenvalue weighted by Gasteiger charge is 2.21. The van der Waals surface area contributed by atoms with Crippen molar-refractivity contribution in [1.82, 2.24) is 0 Å². The van der Waals surface area contributed by atoms with E-state index in [1.165, 1.54) is 52.6 Å². The van der Waals surface area contributed by atoms with Gasteiger partial charge >= 0.3 is 5.97 Å². The molecule has 0 aliphatic rings. The van der Waals surface area contributed by atoms with Crippen LogP contribution in [-0.4, -0.2) is 45.2 Å². The van der Waals surface area contributed by atoms with Crippen molar-refractivity contribution >= 4 is 28.9 Å². The van der Waals surface area contributed by atoms with Crippen molar-refractivity contribution in [2.24, 2.45) is 0 Å². The van der Waals surface area contributed by atoms with Crippen LogP contribution in [0.2, 0.25) is 0 Å². The van der Waals surface area contributed by atoms with Crippen molar-refractivity contribution in [3.8, 4) is 11.5 Å². The quantitative estimate of drug-likeness (QED) is 0.420. The number of carbonyl (C=O) groups is 2. The Labute approximate surface area is 160 Å². The number of ether oxygens (including phenoxy) is 3. The summed E-state index contributed by atoms with van der Waals surface area (Å²) in [6.07, 6.45) is 0. The molecule has 2 aromatic rings. The zero-order valence-corrected chi connectivity index (χ0v) is 15.7. The molecule has 0 fully saturated rings. The van der Waals surface area contributed by atoms with Crippen LogP contribution in [0.1, 0.15) is 20.7 Å². The molecule has 0 aliphatic heterocycles. The fraction of sp³-hybridized carbons (Fsp3) is 0.222. The van der Waals surface area contributed by atoms with Gasteiger partial charge in [0.05, 0.1) is 37.5 Å². The van der Waals surface area contributed by atoms with Gasteiger partial charge in [0.15, 0.2) is 11.5 Å². The topological polar surface area (TPSA) is 129 Å². The number of amides is 1. The maximum Gasteiger partial charge on any atom is 0.340 e. The predicted molar refractivity (Wildman–Crippen MR) is 101 cm³/mol. The Morgan fingerprint density at radius 2 is 1.64 bits per heavy atom. The molecule has 0 saturated heterocycles. The van der Waals surface area contributed by atoms with E-state index in [-0.39, 0.29) is 39.7 Å². The van der Waals surface area contributed by atoms with Crippen molar-refractivity contribution in [3.05, 3.63) is 51.6 Å². The Kier molecular flexibility index (Phi) is 6.38. The third-order valence-electron chi connectivity index (χ3n) is 3.90. The lowest BCUT2D eigenvalue weighted by Gasteiger charge is -2.15. The largest absolute Gasteiger partial charge is 0.493 e. The monoisotopic (exact) mass is 389 g/mol. The Morgan fingerprint density at radius 1 is 1.00 bits per heavy atom. The van der Waals surface area contributed by atoms with Crippen molar-refractivity contribution < 1.29 is 28.7 Å². The summed E-state index contributed by atoms with van der Waals surface area (Å²) >= 11 is 0. The lowest BCUT2D eigenvalue weighted by Crippen LogP contribution is -2.16. The first-order chi connectivity index (χ1) is 13.4. The third kappa shape index (κ3) is 4.11. The standard InChI is InChI=1S/C18H19N3O7/c1-19-12-6-5-10(7-14(12)21(24)25)17(22)20-13-9-16(27-3)15(26-2)8-11(13)18(23)28-4/h5-9,19H,1-4H3,(H,20,22). The Hall–Kier alpha value is -3.82. The van der Waals surface area contributed by atoms with Gasteiger partial charge < -0.3 is 24.8 Å². The van der Waals surface area contributed by atoms with Crippen LogP contribution in [0.25, 0.3) is 0 Å². The molecule has 28 heavy (non-hydrogen) atoms. The first-order valence-corrected chi connectivity index (χ1v) is 7.98. The molecule has 1 amide bonds. The number of hydrogen-bond acceptors (Lipinski definition) is 8. The lowest BCUT2D eigenvalue weighted by molar-refractivity contribution is -0.384. The van der Waals surface area contributed by atoms with Gasteiger partial charge in [-0.2, -0.15) is 0 Å². The number of hydrogen-bond donors (Lipinski definition) is 2. The number of anilines is 2. The highest BCUT2D eigenvalue weighted by atomic mass is 16.6. The number of carbonyl (C=O) groups excluding carboxylic acids is 2. The number of nitrogens with zero attached hydrogens (tertiary/aromatic N) is 1. The molecule has 10 nitrogen and oxygen atoms in total. The van der Waals surface area contributed by atoms with Crippen LogP contribution in [0.4, 0.5) is 17.1 Å². The van der Waals surface area contributed by atoms with Gasteiger partial charge in [-0.1, -0.05) is 0 Å². The second-order valence-electron chi connectivity index (χ2n) is 5.44. The highest BCUT2D eigenvalue weighted by molar-refractivity contribution is 6.09. The molecule has 10 heteroatoms. The van der Waals surface area contributed by atoms with Crippen molar-refractivity contribution in [3.63, 3.8) is 0 Å². The number of methoxy groups -OCH3 is 3. The van der Waals surface area contributed by atoms with Crippen molar-refractivity contribution in [2.45, 2.75) is 0 Å². The summed E-state index contributed by atoms with van der Waals surface area (Å²) in [5.74, 6) is -0.798. The average Bonchev–Trinajstić information content (AvgIpc) is 2.71. The van der Waals surface area contributed by atoms with E-state index in [9.17, 15) is 19.7 Å². The van der Waals surface area contributed by atoms with E-state index in [2.05, 4.69) is 10.6 Å². The third-order valence-corrected chi connectivity index (χ3v) is 3.90. The SMILES string of the molecule is CNc1ccc(C(=O)Nc2cc(OC)c(OC)cc2C(=O)OC)cc1[N+](=O)[O-]. The van der Waals surface area contributed by atoms with E-state index in [4.69, 9.17) is 14.2 Å². The van der Waals surface area contributed by atoms with E-state index in [1.807, 2.05) is 0 Å². The van der Waals surface area contributed by atoms with Gasteiger partial charge in [0, 0.05) is 30.8 Å². The second-order valence-corrected chi connectivity index (χ2v) is 5.44. The average molecular weight is 389 g/mol. The minimum absolute atomic E-state index is 0.0369. The van der Waals surface area contributed by atoms with E-state index < -0.39 is 16.8 Å². The maximum atomic E-state index is 12.6. The molecular weight excluding hydrogens is 370 g/mol. The fourth-order valence-electron chi connectivity index (χ4n) is 2.49. The second kappa shape index (κ2) is 8.71.